The molecule has 0 radical (unpaired) electrons. The Morgan fingerprint density at radius 1 is 1.05 bits per heavy atom. The molecule has 0 aliphatic carbocycles. The fraction of sp³-hybridized carbons (Fsp3) is 1.00. The van der Waals surface area contributed by atoms with Gasteiger partial charge in [0.05, 0.1) is 0 Å². The smallest absolute Gasteiger partial charge is 0.0472 e. The number of nitrogens with zero attached hydrogens (tertiary/aromatic N) is 2. The van der Waals surface area contributed by atoms with E-state index < -0.39 is 0 Å². The van der Waals surface area contributed by atoms with Crippen LogP contribution in [0.25, 0.3) is 0 Å². The summed E-state index contributed by atoms with van der Waals surface area (Å²) in [6.45, 7) is 9.01. The Labute approximate surface area is 123 Å². The molecule has 0 aromatic rings. The van der Waals surface area contributed by atoms with Gasteiger partial charge in [0, 0.05) is 32.3 Å². The van der Waals surface area contributed by atoms with Gasteiger partial charge in [-0.15, -0.1) is 0 Å². The molecule has 3 fully saturated rings. The second-order valence-electron chi connectivity index (χ2n) is 7.09. The van der Waals surface area contributed by atoms with Crippen LogP contribution in [0.15, 0.2) is 0 Å². The molecular weight excluding hydrogens is 250 g/mol. The fourth-order valence-corrected chi connectivity index (χ4v) is 4.24. The van der Waals surface area contributed by atoms with E-state index in [9.17, 15) is 0 Å². The van der Waals surface area contributed by atoms with Gasteiger partial charge in [-0.05, 0) is 63.7 Å². The maximum Gasteiger partial charge on any atom is 0.0472 e. The first-order chi connectivity index (χ1) is 9.81. The molecule has 0 aromatic heterocycles. The highest BCUT2D eigenvalue weighted by molar-refractivity contribution is 4.91. The van der Waals surface area contributed by atoms with Crippen LogP contribution in [-0.2, 0) is 4.74 Å². The Morgan fingerprint density at radius 3 is 2.50 bits per heavy atom. The van der Waals surface area contributed by atoms with E-state index in [1.54, 1.807) is 0 Å². The summed E-state index contributed by atoms with van der Waals surface area (Å²) >= 11 is 0. The number of hydrogen-bond acceptors (Lipinski definition) is 4. The molecule has 3 heterocycles. The minimum Gasteiger partial charge on any atom is -0.381 e. The zero-order valence-corrected chi connectivity index (χ0v) is 12.9. The third-order valence-corrected chi connectivity index (χ3v) is 5.70. The summed E-state index contributed by atoms with van der Waals surface area (Å²) in [4.78, 5) is 5.42. The van der Waals surface area contributed by atoms with E-state index in [2.05, 4.69) is 9.80 Å². The molecule has 20 heavy (non-hydrogen) atoms. The Hall–Kier alpha value is -0.160. The van der Waals surface area contributed by atoms with Crippen molar-refractivity contribution >= 4 is 0 Å². The predicted octanol–water partition coefficient (Wildman–Crippen LogP) is 1.30. The van der Waals surface area contributed by atoms with Crippen LogP contribution in [0.5, 0.6) is 0 Å². The second kappa shape index (κ2) is 6.73. The zero-order valence-electron chi connectivity index (χ0n) is 12.9. The first-order valence-electron chi connectivity index (χ1n) is 8.56. The summed E-state index contributed by atoms with van der Waals surface area (Å²) in [6, 6.07) is 0.810. The topological polar surface area (TPSA) is 41.7 Å². The number of hydrogen-bond donors (Lipinski definition) is 1. The summed E-state index contributed by atoms with van der Waals surface area (Å²) < 4.78 is 5.53. The van der Waals surface area contributed by atoms with Gasteiger partial charge >= 0.3 is 0 Å². The van der Waals surface area contributed by atoms with Gasteiger partial charge in [0.15, 0.2) is 0 Å². The molecule has 3 aliphatic heterocycles. The van der Waals surface area contributed by atoms with Crippen LogP contribution in [-0.4, -0.2) is 68.3 Å². The van der Waals surface area contributed by atoms with E-state index in [0.717, 1.165) is 38.6 Å². The van der Waals surface area contributed by atoms with Crippen molar-refractivity contribution in [2.24, 2.45) is 11.1 Å². The Kier molecular flexibility index (Phi) is 4.97. The standard InChI is InChI=1S/C16H31N3O/c17-13-16(5-10-20-11-6-16)14-18-9-4-15(12-18)19-7-2-1-3-8-19/h15H,1-14,17H2. The maximum absolute atomic E-state index is 6.10. The molecule has 3 saturated heterocycles. The Balaban J connectivity index is 1.51. The average Bonchev–Trinajstić information content (AvgIpc) is 2.97. The Morgan fingerprint density at radius 2 is 1.80 bits per heavy atom. The summed E-state index contributed by atoms with van der Waals surface area (Å²) in [5.41, 5.74) is 6.43. The van der Waals surface area contributed by atoms with Crippen LogP contribution in [0.3, 0.4) is 0 Å². The molecule has 0 aromatic carbocycles. The average molecular weight is 281 g/mol. The second-order valence-corrected chi connectivity index (χ2v) is 7.09. The van der Waals surface area contributed by atoms with E-state index in [4.69, 9.17) is 10.5 Å². The fourth-order valence-electron chi connectivity index (χ4n) is 4.24. The van der Waals surface area contributed by atoms with E-state index in [1.165, 1.54) is 58.4 Å². The molecule has 3 aliphatic rings. The summed E-state index contributed by atoms with van der Waals surface area (Å²) in [5, 5.41) is 0. The molecule has 1 atom stereocenters. The normalized spacial score (nSPS) is 32.5. The van der Waals surface area contributed by atoms with Crippen molar-refractivity contribution in [2.75, 3.05) is 52.5 Å². The molecule has 0 saturated carbocycles. The van der Waals surface area contributed by atoms with Gasteiger partial charge in [-0.25, -0.2) is 0 Å². The number of ether oxygens (including phenoxy) is 1. The Bertz CT molecular complexity index is 298. The van der Waals surface area contributed by atoms with Crippen molar-refractivity contribution in [1.29, 1.82) is 0 Å². The molecule has 1 unspecified atom stereocenters. The van der Waals surface area contributed by atoms with E-state index in [1.807, 2.05) is 0 Å². The minimum absolute atomic E-state index is 0.328. The largest absolute Gasteiger partial charge is 0.381 e. The number of piperidine rings is 1. The lowest BCUT2D eigenvalue weighted by Gasteiger charge is -2.39. The number of likely N-dealkylation sites (tertiary alicyclic amines) is 2. The van der Waals surface area contributed by atoms with Crippen LogP contribution >= 0.6 is 0 Å². The quantitative estimate of drug-likeness (QED) is 0.843. The third kappa shape index (κ3) is 3.35. The van der Waals surface area contributed by atoms with Crippen molar-refractivity contribution in [1.82, 2.24) is 9.80 Å². The summed E-state index contributed by atoms with van der Waals surface area (Å²) in [5.74, 6) is 0. The maximum atomic E-state index is 6.10. The van der Waals surface area contributed by atoms with Crippen molar-refractivity contribution in [3.63, 3.8) is 0 Å². The predicted molar refractivity (Wildman–Crippen MR) is 81.8 cm³/mol. The van der Waals surface area contributed by atoms with Crippen LogP contribution in [0.1, 0.15) is 38.5 Å². The van der Waals surface area contributed by atoms with Gasteiger partial charge in [0.2, 0.25) is 0 Å². The van der Waals surface area contributed by atoms with Crippen LogP contribution in [0, 0.1) is 5.41 Å². The molecular formula is C16H31N3O. The van der Waals surface area contributed by atoms with Gasteiger partial charge < -0.3 is 15.4 Å². The molecule has 4 nitrogen and oxygen atoms in total. The monoisotopic (exact) mass is 281 g/mol. The molecule has 116 valence electrons. The van der Waals surface area contributed by atoms with Crippen molar-refractivity contribution in [2.45, 2.75) is 44.6 Å². The van der Waals surface area contributed by atoms with Gasteiger partial charge in [-0.1, -0.05) is 6.42 Å². The van der Waals surface area contributed by atoms with Crippen LogP contribution < -0.4 is 5.73 Å². The number of rotatable bonds is 4. The molecule has 4 heteroatoms. The van der Waals surface area contributed by atoms with E-state index in [-0.39, 0.29) is 0 Å². The lowest BCUT2D eigenvalue weighted by molar-refractivity contribution is 0.00221. The van der Waals surface area contributed by atoms with Gasteiger partial charge in [0.1, 0.15) is 0 Å². The highest BCUT2D eigenvalue weighted by atomic mass is 16.5. The zero-order chi connectivity index (χ0) is 13.8. The van der Waals surface area contributed by atoms with E-state index in [0.29, 0.717) is 5.41 Å². The van der Waals surface area contributed by atoms with Crippen molar-refractivity contribution in [3.05, 3.63) is 0 Å². The van der Waals surface area contributed by atoms with E-state index >= 15 is 0 Å². The third-order valence-electron chi connectivity index (χ3n) is 5.70. The van der Waals surface area contributed by atoms with Crippen LogP contribution in [0.2, 0.25) is 0 Å². The molecule has 0 spiro atoms. The van der Waals surface area contributed by atoms with Crippen molar-refractivity contribution in [3.8, 4) is 0 Å². The first-order valence-corrected chi connectivity index (χ1v) is 8.56. The molecule has 0 amide bonds. The summed E-state index contributed by atoms with van der Waals surface area (Å²) in [7, 11) is 0. The first kappa shape index (κ1) is 14.8. The van der Waals surface area contributed by atoms with Gasteiger partial charge in [-0.3, -0.25) is 4.90 Å². The molecule has 2 N–H and O–H groups in total. The molecule has 0 bridgehead atoms. The lowest BCUT2D eigenvalue weighted by atomic mass is 9.80. The highest BCUT2D eigenvalue weighted by Crippen LogP contribution is 2.32. The summed E-state index contributed by atoms with van der Waals surface area (Å²) in [6.07, 6.45) is 7.89. The van der Waals surface area contributed by atoms with Gasteiger partial charge in [0.25, 0.3) is 0 Å². The number of nitrogens with two attached hydrogens (primary N) is 1. The van der Waals surface area contributed by atoms with Crippen molar-refractivity contribution < 1.29 is 4.74 Å². The lowest BCUT2D eigenvalue weighted by Crippen LogP contribution is -2.47. The minimum atomic E-state index is 0.328. The SMILES string of the molecule is NCC1(CN2CCC(N3CCCCC3)C2)CCOCC1. The van der Waals surface area contributed by atoms with Crippen LogP contribution in [0.4, 0.5) is 0 Å². The molecule has 3 rings (SSSR count). The highest BCUT2D eigenvalue weighted by Gasteiger charge is 2.36. The van der Waals surface area contributed by atoms with Gasteiger partial charge in [-0.2, -0.15) is 0 Å².